The van der Waals surface area contributed by atoms with Crippen LogP contribution in [0.1, 0.15) is 42.7 Å². The predicted molar refractivity (Wildman–Crippen MR) is 116 cm³/mol. The first-order chi connectivity index (χ1) is 14.7. The van der Waals surface area contributed by atoms with Crippen LogP contribution in [0, 0.1) is 5.92 Å². The summed E-state index contributed by atoms with van der Waals surface area (Å²) < 4.78 is 17.0. The van der Waals surface area contributed by atoms with Crippen LogP contribution in [0.25, 0.3) is 0 Å². The van der Waals surface area contributed by atoms with E-state index in [2.05, 4.69) is 41.3 Å². The molecule has 30 heavy (non-hydrogen) atoms. The van der Waals surface area contributed by atoms with E-state index in [-0.39, 0.29) is 23.9 Å². The minimum Gasteiger partial charge on any atom is -0.493 e. The molecule has 1 aliphatic carbocycles. The maximum absolute atomic E-state index is 12.6. The summed E-state index contributed by atoms with van der Waals surface area (Å²) >= 11 is 0. The van der Waals surface area contributed by atoms with E-state index < -0.39 is 0 Å². The van der Waals surface area contributed by atoms with Gasteiger partial charge in [-0.05, 0) is 48.9 Å². The van der Waals surface area contributed by atoms with Gasteiger partial charge >= 0.3 is 5.97 Å². The highest BCUT2D eigenvalue weighted by Gasteiger charge is 2.39. The molecule has 1 heterocycles. The molecule has 0 bridgehead atoms. The summed E-state index contributed by atoms with van der Waals surface area (Å²) in [6.45, 7) is 2.33. The van der Waals surface area contributed by atoms with Gasteiger partial charge in [0.25, 0.3) is 0 Å². The number of hydrogen-bond acceptors (Lipinski definition) is 5. The fourth-order valence-electron chi connectivity index (χ4n) is 4.79. The first-order valence-electron chi connectivity index (χ1n) is 10.9. The summed E-state index contributed by atoms with van der Waals surface area (Å²) in [7, 11) is 3.15. The average Bonchev–Trinajstić information content (AvgIpc) is 3.44. The topological polar surface area (TPSA) is 48.0 Å². The lowest BCUT2D eigenvalue weighted by atomic mass is 9.89. The molecule has 0 amide bonds. The number of likely N-dealkylation sites (tertiary alicyclic amines) is 1. The van der Waals surface area contributed by atoms with E-state index in [1.807, 2.05) is 12.1 Å². The molecule has 1 saturated carbocycles. The molecule has 5 nitrogen and oxygen atoms in total. The lowest BCUT2D eigenvalue weighted by Crippen LogP contribution is -2.24. The van der Waals surface area contributed by atoms with Gasteiger partial charge in [0.1, 0.15) is 0 Å². The van der Waals surface area contributed by atoms with Gasteiger partial charge in [-0.3, -0.25) is 9.69 Å². The van der Waals surface area contributed by atoms with Crippen molar-refractivity contribution in [2.24, 2.45) is 5.92 Å². The van der Waals surface area contributed by atoms with Crippen molar-refractivity contribution in [1.29, 1.82) is 0 Å². The second-order valence-corrected chi connectivity index (χ2v) is 8.35. The normalized spacial score (nSPS) is 22.2. The first kappa shape index (κ1) is 20.7. The highest BCUT2D eigenvalue weighted by molar-refractivity contribution is 5.74. The Morgan fingerprint density at radius 3 is 2.47 bits per heavy atom. The molecule has 2 aromatic carbocycles. The van der Waals surface area contributed by atoms with E-state index >= 15 is 0 Å². The van der Waals surface area contributed by atoms with Crippen molar-refractivity contribution in [3.8, 4) is 11.5 Å². The molecule has 0 spiro atoms. The summed E-state index contributed by atoms with van der Waals surface area (Å²) in [6, 6.07) is 16.5. The summed E-state index contributed by atoms with van der Waals surface area (Å²) in [4.78, 5) is 14.9. The Morgan fingerprint density at radius 1 is 1.00 bits per heavy atom. The van der Waals surface area contributed by atoms with Crippen molar-refractivity contribution in [3.63, 3.8) is 0 Å². The number of ether oxygens (including phenoxy) is 3. The van der Waals surface area contributed by atoms with E-state index in [1.54, 1.807) is 7.11 Å². The summed E-state index contributed by atoms with van der Waals surface area (Å²) in [5.41, 5.74) is 2.36. The van der Waals surface area contributed by atoms with Crippen molar-refractivity contribution in [2.75, 3.05) is 27.3 Å². The van der Waals surface area contributed by atoms with Gasteiger partial charge in [-0.2, -0.15) is 0 Å². The number of rotatable bonds is 7. The van der Waals surface area contributed by atoms with Crippen LogP contribution in [-0.2, 0) is 16.1 Å². The van der Waals surface area contributed by atoms with Gasteiger partial charge in [-0.25, -0.2) is 0 Å². The fourth-order valence-corrected chi connectivity index (χ4v) is 4.79. The van der Waals surface area contributed by atoms with Crippen LogP contribution in [-0.4, -0.2) is 44.3 Å². The fraction of sp³-hybridized carbons (Fsp3) is 0.480. The molecule has 2 aliphatic rings. The predicted octanol–water partition coefficient (Wildman–Crippen LogP) is 4.41. The quantitative estimate of drug-likeness (QED) is 0.634. The molecule has 2 aromatic rings. The number of methoxy groups -OCH3 is 2. The zero-order chi connectivity index (χ0) is 20.9. The maximum Gasteiger partial charge on any atom is 0.310 e. The van der Waals surface area contributed by atoms with Crippen molar-refractivity contribution in [3.05, 3.63) is 59.7 Å². The summed E-state index contributed by atoms with van der Waals surface area (Å²) in [5.74, 6) is 1.26. The van der Waals surface area contributed by atoms with Crippen LogP contribution >= 0.6 is 0 Å². The second kappa shape index (κ2) is 9.52. The van der Waals surface area contributed by atoms with E-state index in [4.69, 9.17) is 14.2 Å². The van der Waals surface area contributed by atoms with Crippen molar-refractivity contribution < 1.29 is 19.0 Å². The Morgan fingerprint density at radius 2 is 1.77 bits per heavy atom. The van der Waals surface area contributed by atoms with Crippen LogP contribution in [0.3, 0.4) is 0 Å². The van der Waals surface area contributed by atoms with Gasteiger partial charge in [-0.1, -0.05) is 36.4 Å². The van der Waals surface area contributed by atoms with Crippen LogP contribution < -0.4 is 9.47 Å². The number of hydrogen-bond donors (Lipinski definition) is 0. The highest BCUT2D eigenvalue weighted by atomic mass is 16.5. The lowest BCUT2D eigenvalue weighted by molar-refractivity contribution is -0.145. The molecule has 0 radical (unpaired) electrons. The molecule has 2 atom stereocenters. The van der Waals surface area contributed by atoms with Gasteiger partial charge in [0.2, 0.25) is 0 Å². The molecule has 1 aliphatic heterocycles. The van der Waals surface area contributed by atoms with Gasteiger partial charge in [0.15, 0.2) is 11.5 Å². The summed E-state index contributed by atoms with van der Waals surface area (Å²) in [6.07, 6.45) is 4.87. The second-order valence-electron chi connectivity index (χ2n) is 8.35. The van der Waals surface area contributed by atoms with Gasteiger partial charge in [0.05, 0.1) is 26.2 Å². The molecular weight excluding hydrogens is 378 g/mol. The molecule has 0 aromatic heterocycles. The molecule has 1 saturated heterocycles. The van der Waals surface area contributed by atoms with Crippen molar-refractivity contribution >= 4 is 5.97 Å². The minimum absolute atomic E-state index is 0.0676. The highest BCUT2D eigenvalue weighted by Crippen LogP contribution is 2.39. The summed E-state index contributed by atoms with van der Waals surface area (Å²) in [5, 5.41) is 0. The standard InChI is InChI=1S/C25H31NO4/c1-28-23-13-12-19(14-24(23)30-20-10-6-7-11-20)21-16-26(17-22(21)25(27)29-2)15-18-8-4-3-5-9-18/h3-5,8-9,12-14,20-22H,6-7,10-11,15-17H2,1-2H3/t21-,22-/m0/s1. The van der Waals surface area contributed by atoms with Crippen LogP contribution in [0.4, 0.5) is 0 Å². The number of carbonyl (C=O) groups is 1. The van der Waals surface area contributed by atoms with Gasteiger partial charge in [-0.15, -0.1) is 0 Å². The van der Waals surface area contributed by atoms with E-state index in [9.17, 15) is 4.79 Å². The van der Waals surface area contributed by atoms with Gasteiger partial charge in [0, 0.05) is 25.6 Å². The Balaban J connectivity index is 1.57. The number of carbonyl (C=O) groups excluding carboxylic acids is 1. The maximum atomic E-state index is 12.6. The van der Waals surface area contributed by atoms with Crippen molar-refractivity contribution in [1.82, 2.24) is 4.90 Å². The number of nitrogens with zero attached hydrogens (tertiary/aromatic N) is 1. The van der Waals surface area contributed by atoms with E-state index in [0.717, 1.165) is 43.0 Å². The lowest BCUT2D eigenvalue weighted by Gasteiger charge is -2.21. The zero-order valence-corrected chi connectivity index (χ0v) is 17.9. The Labute approximate surface area is 178 Å². The molecule has 4 rings (SSSR count). The molecular formula is C25H31NO4. The Kier molecular flexibility index (Phi) is 6.58. The SMILES string of the molecule is COC(=O)[C@H]1CN(Cc2ccccc2)C[C@H]1c1ccc(OC)c(OC2CCCC2)c1. The molecule has 5 heteroatoms. The first-order valence-corrected chi connectivity index (χ1v) is 10.9. The monoisotopic (exact) mass is 409 g/mol. The van der Waals surface area contributed by atoms with Crippen LogP contribution in [0.15, 0.2) is 48.5 Å². The molecule has 0 unspecified atom stereocenters. The molecule has 0 N–H and O–H groups in total. The largest absolute Gasteiger partial charge is 0.493 e. The third kappa shape index (κ3) is 4.62. The zero-order valence-electron chi connectivity index (χ0n) is 17.9. The van der Waals surface area contributed by atoms with Crippen LogP contribution in [0.5, 0.6) is 11.5 Å². The van der Waals surface area contributed by atoms with E-state index in [0.29, 0.717) is 6.54 Å². The van der Waals surface area contributed by atoms with Gasteiger partial charge < -0.3 is 14.2 Å². The van der Waals surface area contributed by atoms with E-state index in [1.165, 1.54) is 25.5 Å². The Bertz CT molecular complexity index is 847. The van der Waals surface area contributed by atoms with Crippen molar-refractivity contribution in [2.45, 2.75) is 44.2 Å². The smallest absolute Gasteiger partial charge is 0.310 e. The average molecular weight is 410 g/mol. The Hall–Kier alpha value is -2.53. The number of benzene rings is 2. The minimum atomic E-state index is -0.188. The van der Waals surface area contributed by atoms with Crippen LogP contribution in [0.2, 0.25) is 0 Å². The third-order valence-corrected chi connectivity index (χ3v) is 6.36. The number of esters is 1. The molecule has 2 fully saturated rings. The molecule has 160 valence electrons. The third-order valence-electron chi connectivity index (χ3n) is 6.36.